The summed E-state index contributed by atoms with van der Waals surface area (Å²) in [5.41, 5.74) is 1.52. The third-order valence-corrected chi connectivity index (χ3v) is 5.12. The van der Waals surface area contributed by atoms with Crippen molar-refractivity contribution in [3.8, 4) is 5.75 Å². The lowest BCUT2D eigenvalue weighted by Gasteiger charge is -2.43. The molecule has 2 saturated heterocycles. The lowest BCUT2D eigenvalue weighted by atomic mass is 9.85. The molecule has 0 saturated carbocycles. The van der Waals surface area contributed by atoms with Crippen molar-refractivity contribution in [1.29, 1.82) is 0 Å². The number of hydrogen-bond acceptors (Lipinski definition) is 4. The third-order valence-electron chi connectivity index (χ3n) is 4.88. The summed E-state index contributed by atoms with van der Waals surface area (Å²) in [6.45, 7) is 6.20. The van der Waals surface area contributed by atoms with Crippen LogP contribution in [-0.2, 0) is 4.79 Å². The van der Waals surface area contributed by atoms with Crippen LogP contribution in [0.5, 0.6) is 5.75 Å². The van der Waals surface area contributed by atoms with Crippen LogP contribution in [0.15, 0.2) is 23.8 Å². The maximum absolute atomic E-state index is 12.2. The minimum absolute atomic E-state index is 0.143. The summed E-state index contributed by atoms with van der Waals surface area (Å²) >= 11 is 5.99. The zero-order valence-corrected chi connectivity index (χ0v) is 14.7. The number of nitrogens with one attached hydrogen (secondary N) is 2. The number of halogens is 1. The number of nitrogens with zero attached hydrogens (tertiary/aromatic N) is 1. The summed E-state index contributed by atoms with van der Waals surface area (Å²) < 4.78 is 0. The van der Waals surface area contributed by atoms with Gasteiger partial charge in [0.25, 0.3) is 0 Å². The van der Waals surface area contributed by atoms with E-state index < -0.39 is 0 Å². The summed E-state index contributed by atoms with van der Waals surface area (Å²) in [6, 6.07) is 5.05. The molecule has 2 fully saturated rings. The molecule has 3 rings (SSSR count). The first-order chi connectivity index (χ1) is 11.5. The van der Waals surface area contributed by atoms with Crippen LogP contribution in [0.4, 0.5) is 0 Å². The molecule has 2 aliphatic rings. The Morgan fingerprint density at radius 3 is 2.83 bits per heavy atom. The van der Waals surface area contributed by atoms with Gasteiger partial charge in [-0.05, 0) is 38.0 Å². The predicted molar refractivity (Wildman–Crippen MR) is 96.2 cm³/mol. The van der Waals surface area contributed by atoms with Gasteiger partial charge in [-0.2, -0.15) is 0 Å². The van der Waals surface area contributed by atoms with E-state index in [1.54, 1.807) is 18.2 Å². The van der Waals surface area contributed by atoms with Crippen LogP contribution in [0, 0.1) is 0 Å². The van der Waals surface area contributed by atoms with Crippen molar-refractivity contribution in [3.05, 3.63) is 34.4 Å². The zero-order valence-electron chi connectivity index (χ0n) is 13.9. The molecule has 0 aliphatic carbocycles. The Kier molecular flexibility index (Phi) is 5.13. The van der Waals surface area contributed by atoms with Gasteiger partial charge in [-0.25, -0.2) is 0 Å². The minimum atomic E-state index is -0.377. The molecular weight excluding hydrogens is 326 g/mol. The van der Waals surface area contributed by atoms with Crippen LogP contribution in [-0.4, -0.2) is 54.2 Å². The van der Waals surface area contributed by atoms with Gasteiger partial charge in [-0.1, -0.05) is 23.3 Å². The normalized spacial score (nSPS) is 21.8. The van der Waals surface area contributed by atoms with Gasteiger partial charge in [-0.15, -0.1) is 0 Å². The second-order valence-corrected chi connectivity index (χ2v) is 7.17. The quantitative estimate of drug-likeness (QED) is 0.781. The SMILES string of the molecule is C/C(=C\c1cc(Cl)ccc1O)CN1CCC2(CC1)NCCNC2=O. The van der Waals surface area contributed by atoms with Gasteiger partial charge in [0.1, 0.15) is 11.3 Å². The first-order valence-corrected chi connectivity index (χ1v) is 8.78. The van der Waals surface area contributed by atoms with E-state index in [-0.39, 0.29) is 17.2 Å². The number of hydrogen-bond donors (Lipinski definition) is 3. The monoisotopic (exact) mass is 349 g/mol. The minimum Gasteiger partial charge on any atom is -0.507 e. The van der Waals surface area contributed by atoms with Gasteiger partial charge in [0, 0.05) is 43.3 Å². The number of carbonyl (C=O) groups is 1. The Morgan fingerprint density at radius 1 is 1.38 bits per heavy atom. The van der Waals surface area contributed by atoms with Crippen LogP contribution in [0.2, 0.25) is 5.02 Å². The molecule has 2 heterocycles. The van der Waals surface area contributed by atoms with E-state index in [1.165, 1.54) is 0 Å². The highest BCUT2D eigenvalue weighted by molar-refractivity contribution is 6.30. The Hall–Kier alpha value is -1.56. The van der Waals surface area contributed by atoms with E-state index in [9.17, 15) is 9.90 Å². The topological polar surface area (TPSA) is 64.6 Å². The summed E-state index contributed by atoms with van der Waals surface area (Å²) in [7, 11) is 0. The van der Waals surface area contributed by atoms with Crippen LogP contribution in [0.3, 0.4) is 0 Å². The largest absolute Gasteiger partial charge is 0.507 e. The number of rotatable bonds is 3. The number of likely N-dealkylation sites (tertiary alicyclic amines) is 1. The maximum atomic E-state index is 12.2. The summed E-state index contributed by atoms with van der Waals surface area (Å²) in [5.74, 6) is 0.379. The second kappa shape index (κ2) is 7.13. The molecule has 130 valence electrons. The Balaban J connectivity index is 1.60. The first kappa shape index (κ1) is 17.3. The van der Waals surface area contributed by atoms with Crippen molar-refractivity contribution in [2.24, 2.45) is 0 Å². The van der Waals surface area contributed by atoms with Crippen molar-refractivity contribution >= 4 is 23.6 Å². The number of benzene rings is 1. The highest BCUT2D eigenvalue weighted by Gasteiger charge is 2.42. The van der Waals surface area contributed by atoms with Crippen LogP contribution < -0.4 is 10.6 Å². The van der Waals surface area contributed by atoms with Gasteiger partial charge >= 0.3 is 0 Å². The van der Waals surface area contributed by atoms with Gasteiger partial charge < -0.3 is 15.7 Å². The Bertz CT molecular complexity index is 652. The smallest absolute Gasteiger partial charge is 0.240 e. The molecule has 0 aromatic heterocycles. The van der Waals surface area contributed by atoms with Gasteiger partial charge in [-0.3, -0.25) is 9.69 Å². The average Bonchev–Trinajstić information content (AvgIpc) is 2.56. The number of amides is 1. The first-order valence-electron chi connectivity index (χ1n) is 8.40. The number of piperidine rings is 1. The molecule has 2 aliphatic heterocycles. The Labute approximate surface area is 147 Å². The lowest BCUT2D eigenvalue weighted by molar-refractivity contribution is -0.131. The Morgan fingerprint density at radius 2 is 2.12 bits per heavy atom. The molecule has 0 atom stereocenters. The third kappa shape index (κ3) is 3.74. The van der Waals surface area contributed by atoms with Crippen LogP contribution >= 0.6 is 11.6 Å². The predicted octanol–water partition coefficient (Wildman–Crippen LogP) is 2.00. The van der Waals surface area contributed by atoms with E-state index in [0.717, 1.165) is 56.7 Å². The molecule has 1 aromatic rings. The molecule has 0 unspecified atom stereocenters. The number of phenolic OH excluding ortho intramolecular Hbond substituents is 1. The molecule has 6 heteroatoms. The zero-order chi connectivity index (χ0) is 17.2. The van der Waals surface area contributed by atoms with Crippen molar-refractivity contribution in [2.45, 2.75) is 25.3 Å². The van der Waals surface area contributed by atoms with Crippen molar-refractivity contribution in [3.63, 3.8) is 0 Å². The molecule has 5 nitrogen and oxygen atoms in total. The van der Waals surface area contributed by atoms with E-state index in [2.05, 4.69) is 22.5 Å². The number of carbonyl (C=O) groups excluding carboxylic acids is 1. The van der Waals surface area contributed by atoms with Gasteiger partial charge in [0.15, 0.2) is 0 Å². The highest BCUT2D eigenvalue weighted by Crippen LogP contribution is 2.26. The number of piperazine rings is 1. The van der Waals surface area contributed by atoms with Crippen LogP contribution in [0.25, 0.3) is 6.08 Å². The van der Waals surface area contributed by atoms with Gasteiger partial charge in [0.05, 0.1) is 0 Å². The van der Waals surface area contributed by atoms with Crippen molar-refractivity contribution in [1.82, 2.24) is 15.5 Å². The fraction of sp³-hybridized carbons (Fsp3) is 0.500. The number of phenols is 1. The van der Waals surface area contributed by atoms with E-state index >= 15 is 0 Å². The van der Waals surface area contributed by atoms with E-state index in [4.69, 9.17) is 11.6 Å². The second-order valence-electron chi connectivity index (χ2n) is 6.73. The summed E-state index contributed by atoms with van der Waals surface area (Å²) in [4.78, 5) is 14.5. The molecule has 1 amide bonds. The van der Waals surface area contributed by atoms with Crippen LogP contribution in [0.1, 0.15) is 25.3 Å². The molecular formula is C18H24ClN3O2. The summed E-state index contributed by atoms with van der Waals surface area (Å²) in [6.07, 6.45) is 3.63. The highest BCUT2D eigenvalue weighted by atomic mass is 35.5. The molecule has 1 spiro atoms. The maximum Gasteiger partial charge on any atom is 0.240 e. The standard InChI is InChI=1S/C18H24ClN3O2/c1-13(10-14-11-15(19)2-3-16(14)23)12-22-8-4-18(5-9-22)17(24)20-6-7-21-18/h2-3,10-11,21,23H,4-9,12H2,1H3,(H,20,24)/b13-10+. The lowest BCUT2D eigenvalue weighted by Crippen LogP contribution is -2.66. The van der Waals surface area contributed by atoms with E-state index in [0.29, 0.717) is 5.02 Å². The molecule has 0 radical (unpaired) electrons. The number of aromatic hydroxyl groups is 1. The molecule has 3 N–H and O–H groups in total. The van der Waals surface area contributed by atoms with Crippen molar-refractivity contribution < 1.29 is 9.90 Å². The average molecular weight is 350 g/mol. The van der Waals surface area contributed by atoms with Gasteiger partial charge in [0.2, 0.25) is 5.91 Å². The molecule has 0 bridgehead atoms. The van der Waals surface area contributed by atoms with Crippen molar-refractivity contribution in [2.75, 3.05) is 32.7 Å². The fourth-order valence-electron chi connectivity index (χ4n) is 3.53. The van der Waals surface area contributed by atoms with E-state index in [1.807, 2.05) is 6.08 Å². The molecule has 24 heavy (non-hydrogen) atoms. The summed E-state index contributed by atoms with van der Waals surface area (Å²) in [5, 5.41) is 16.9. The molecule has 1 aromatic carbocycles. The fourth-order valence-corrected chi connectivity index (χ4v) is 3.71.